The zero-order valence-corrected chi connectivity index (χ0v) is 17.1. The lowest BCUT2D eigenvalue weighted by molar-refractivity contribution is -0.0323. The third-order valence-electron chi connectivity index (χ3n) is 7.31. The van der Waals surface area contributed by atoms with Gasteiger partial charge < -0.3 is 19.9 Å². The summed E-state index contributed by atoms with van der Waals surface area (Å²) >= 11 is 0. The van der Waals surface area contributed by atoms with E-state index in [1.54, 1.807) is 6.33 Å². The van der Waals surface area contributed by atoms with Gasteiger partial charge in [-0.1, -0.05) is 0 Å². The SMILES string of the molecule is Cc1cn(C2CCC(CN3CCCC34CCN(C)CC4)O2)c2ncnc(N)c12. The van der Waals surface area contributed by atoms with Crippen LogP contribution in [0.2, 0.25) is 0 Å². The van der Waals surface area contributed by atoms with Crippen LogP contribution < -0.4 is 5.73 Å². The van der Waals surface area contributed by atoms with Crippen LogP contribution in [0, 0.1) is 6.92 Å². The summed E-state index contributed by atoms with van der Waals surface area (Å²) in [6.45, 7) is 6.80. The maximum absolute atomic E-state index is 6.54. The first-order valence-electron chi connectivity index (χ1n) is 10.7. The summed E-state index contributed by atoms with van der Waals surface area (Å²) in [6.07, 6.45) is 11.5. The molecule has 0 aromatic carbocycles. The predicted octanol–water partition coefficient (Wildman–Crippen LogP) is 2.56. The summed E-state index contributed by atoms with van der Waals surface area (Å²) in [4.78, 5) is 13.9. The smallest absolute Gasteiger partial charge is 0.147 e. The highest BCUT2D eigenvalue weighted by molar-refractivity contribution is 5.89. The molecule has 152 valence electrons. The van der Waals surface area contributed by atoms with Crippen LogP contribution in [0.1, 0.15) is 50.3 Å². The van der Waals surface area contributed by atoms with Crippen molar-refractivity contribution < 1.29 is 4.74 Å². The number of nitrogens with two attached hydrogens (primary N) is 1. The van der Waals surface area contributed by atoms with E-state index in [0.717, 1.165) is 36.0 Å². The highest BCUT2D eigenvalue weighted by Gasteiger charge is 2.44. The van der Waals surface area contributed by atoms with Crippen LogP contribution in [0.5, 0.6) is 0 Å². The molecule has 3 fully saturated rings. The molecule has 0 amide bonds. The minimum absolute atomic E-state index is 0.0477. The zero-order valence-electron chi connectivity index (χ0n) is 17.1. The zero-order chi connectivity index (χ0) is 19.3. The molecule has 1 spiro atoms. The van der Waals surface area contributed by atoms with Crippen molar-refractivity contribution in [3.05, 3.63) is 18.1 Å². The number of anilines is 1. The molecule has 2 aromatic heterocycles. The molecule has 3 aliphatic heterocycles. The second-order valence-electron chi connectivity index (χ2n) is 9.04. The summed E-state index contributed by atoms with van der Waals surface area (Å²) < 4.78 is 8.70. The van der Waals surface area contributed by atoms with Gasteiger partial charge in [-0.15, -0.1) is 0 Å². The molecule has 2 N–H and O–H groups in total. The van der Waals surface area contributed by atoms with Crippen LogP contribution in [-0.2, 0) is 4.74 Å². The minimum atomic E-state index is 0.0477. The van der Waals surface area contributed by atoms with Gasteiger partial charge in [-0.25, -0.2) is 9.97 Å². The van der Waals surface area contributed by atoms with Crippen LogP contribution in [0.15, 0.2) is 12.5 Å². The molecule has 0 saturated carbocycles. The fourth-order valence-corrected chi connectivity index (χ4v) is 5.67. The number of rotatable bonds is 3. The maximum Gasteiger partial charge on any atom is 0.147 e. The van der Waals surface area contributed by atoms with Crippen LogP contribution >= 0.6 is 0 Å². The average molecular weight is 385 g/mol. The molecule has 7 nitrogen and oxygen atoms in total. The Labute approximate surface area is 166 Å². The van der Waals surface area contributed by atoms with Crippen LogP contribution in [-0.4, -0.2) is 69.2 Å². The van der Waals surface area contributed by atoms with E-state index in [2.05, 4.69) is 44.5 Å². The fourth-order valence-electron chi connectivity index (χ4n) is 5.67. The lowest BCUT2D eigenvalue weighted by Crippen LogP contribution is -2.53. The van der Waals surface area contributed by atoms with Crippen LogP contribution in [0.25, 0.3) is 11.0 Å². The summed E-state index contributed by atoms with van der Waals surface area (Å²) in [5.74, 6) is 0.553. The number of nitrogen functional groups attached to an aromatic ring is 1. The lowest BCUT2D eigenvalue weighted by atomic mass is 9.85. The third-order valence-corrected chi connectivity index (χ3v) is 7.31. The van der Waals surface area contributed by atoms with Crippen LogP contribution in [0.3, 0.4) is 0 Å². The first-order valence-corrected chi connectivity index (χ1v) is 10.7. The molecular formula is C21H32N6O. The van der Waals surface area contributed by atoms with E-state index in [1.165, 1.54) is 45.3 Å². The highest BCUT2D eigenvalue weighted by Crippen LogP contribution is 2.40. The van der Waals surface area contributed by atoms with Gasteiger partial charge in [-0.2, -0.15) is 0 Å². The van der Waals surface area contributed by atoms with Crippen molar-refractivity contribution in [3.8, 4) is 0 Å². The van der Waals surface area contributed by atoms with Crippen molar-refractivity contribution in [2.45, 2.75) is 63.3 Å². The number of piperidine rings is 1. The van der Waals surface area contributed by atoms with Crippen LogP contribution in [0.4, 0.5) is 5.82 Å². The summed E-state index contributed by atoms with van der Waals surface area (Å²) in [5, 5.41) is 0.958. The van der Waals surface area contributed by atoms with Crippen molar-refractivity contribution >= 4 is 16.9 Å². The molecule has 0 radical (unpaired) electrons. The second-order valence-corrected chi connectivity index (χ2v) is 9.04. The van der Waals surface area contributed by atoms with Gasteiger partial charge in [-0.05, 0) is 77.7 Å². The predicted molar refractivity (Wildman–Crippen MR) is 110 cm³/mol. The van der Waals surface area contributed by atoms with Gasteiger partial charge in [0, 0.05) is 18.3 Å². The largest absolute Gasteiger partial charge is 0.383 e. The molecule has 2 atom stereocenters. The Balaban J connectivity index is 1.30. The normalized spacial score (nSPS) is 28.6. The van der Waals surface area contributed by atoms with E-state index in [1.807, 2.05) is 0 Å². The molecule has 5 heterocycles. The first-order chi connectivity index (χ1) is 13.6. The molecule has 3 aliphatic rings. The average Bonchev–Trinajstić information content (AvgIpc) is 3.38. The van der Waals surface area contributed by atoms with Gasteiger partial charge in [0.1, 0.15) is 24.0 Å². The molecule has 0 bridgehead atoms. The van der Waals surface area contributed by atoms with Crippen molar-refractivity contribution in [2.75, 3.05) is 39.0 Å². The first kappa shape index (κ1) is 18.3. The Morgan fingerprint density at radius 2 is 2.00 bits per heavy atom. The van der Waals surface area contributed by atoms with E-state index < -0.39 is 0 Å². The van der Waals surface area contributed by atoms with Crippen molar-refractivity contribution in [2.24, 2.45) is 0 Å². The number of aryl methyl sites for hydroxylation is 1. The minimum Gasteiger partial charge on any atom is -0.383 e. The number of aromatic nitrogens is 3. The van der Waals surface area contributed by atoms with E-state index >= 15 is 0 Å². The number of fused-ring (bicyclic) bond motifs is 1. The molecular weight excluding hydrogens is 352 g/mol. The Kier molecular flexibility index (Phi) is 4.56. The van der Waals surface area contributed by atoms with Gasteiger partial charge in [0.2, 0.25) is 0 Å². The van der Waals surface area contributed by atoms with E-state index in [0.29, 0.717) is 17.5 Å². The Bertz CT molecular complexity index is 856. The highest BCUT2D eigenvalue weighted by atomic mass is 16.5. The van der Waals surface area contributed by atoms with Crippen molar-refractivity contribution in [1.82, 2.24) is 24.3 Å². The quantitative estimate of drug-likeness (QED) is 0.877. The van der Waals surface area contributed by atoms with Gasteiger partial charge in [0.05, 0.1) is 11.5 Å². The molecule has 7 heteroatoms. The molecule has 2 aromatic rings. The van der Waals surface area contributed by atoms with Crippen molar-refractivity contribution in [3.63, 3.8) is 0 Å². The Hall–Kier alpha value is -1.70. The second kappa shape index (κ2) is 6.97. The van der Waals surface area contributed by atoms with Crippen molar-refractivity contribution in [1.29, 1.82) is 0 Å². The monoisotopic (exact) mass is 384 g/mol. The maximum atomic E-state index is 6.54. The van der Waals surface area contributed by atoms with E-state index in [9.17, 15) is 0 Å². The molecule has 28 heavy (non-hydrogen) atoms. The van der Waals surface area contributed by atoms with E-state index in [-0.39, 0.29) is 6.23 Å². The fraction of sp³-hybridized carbons (Fsp3) is 0.714. The molecule has 2 unspecified atom stereocenters. The van der Waals surface area contributed by atoms with Gasteiger partial charge >= 0.3 is 0 Å². The Morgan fingerprint density at radius 3 is 2.82 bits per heavy atom. The summed E-state index contributed by atoms with van der Waals surface area (Å²) in [7, 11) is 2.25. The number of nitrogens with zero attached hydrogens (tertiary/aromatic N) is 5. The molecule has 0 aliphatic carbocycles. The topological polar surface area (TPSA) is 72.4 Å². The summed E-state index contributed by atoms with van der Waals surface area (Å²) in [5.41, 5.74) is 8.51. The van der Waals surface area contributed by atoms with Gasteiger partial charge in [-0.3, -0.25) is 4.90 Å². The Morgan fingerprint density at radius 1 is 1.18 bits per heavy atom. The standard InChI is InChI=1S/C21H32N6O/c1-15-12-27(20-18(15)19(22)23-14-24-20)17-5-4-16(28-17)13-26-9-3-6-21(26)7-10-25(2)11-8-21/h12,14,16-17H,3-11,13H2,1-2H3,(H2,22,23,24). The third kappa shape index (κ3) is 3.00. The number of ether oxygens (including phenoxy) is 1. The van der Waals surface area contributed by atoms with Gasteiger partial charge in [0.15, 0.2) is 0 Å². The van der Waals surface area contributed by atoms with E-state index in [4.69, 9.17) is 10.5 Å². The van der Waals surface area contributed by atoms with Gasteiger partial charge in [0.25, 0.3) is 0 Å². The molecule has 5 rings (SSSR count). The summed E-state index contributed by atoms with van der Waals surface area (Å²) in [6, 6.07) is 0. The lowest BCUT2D eigenvalue weighted by Gasteiger charge is -2.45. The number of hydrogen-bond acceptors (Lipinski definition) is 6. The molecule has 3 saturated heterocycles. The number of hydrogen-bond donors (Lipinski definition) is 1. The number of likely N-dealkylation sites (tertiary alicyclic amines) is 2.